The fourth-order valence-electron chi connectivity index (χ4n) is 2.57. The maximum Gasteiger partial charge on any atom is 0.141 e. The molecule has 0 spiro atoms. The van der Waals surface area contributed by atoms with E-state index >= 15 is 0 Å². The number of ketones is 1. The lowest BCUT2D eigenvalue weighted by molar-refractivity contribution is -0.120. The SMILES string of the molecule is CCc1ccc(OC)c(NCC2CCC(=O)CC2)c1. The van der Waals surface area contributed by atoms with Crippen LogP contribution in [-0.4, -0.2) is 19.4 Å². The van der Waals surface area contributed by atoms with Crippen molar-refractivity contribution in [3.8, 4) is 5.75 Å². The van der Waals surface area contributed by atoms with Gasteiger partial charge in [0.1, 0.15) is 11.5 Å². The number of carbonyl (C=O) groups excluding carboxylic acids is 1. The van der Waals surface area contributed by atoms with Crippen molar-refractivity contribution in [1.82, 2.24) is 0 Å². The van der Waals surface area contributed by atoms with Gasteiger partial charge < -0.3 is 10.1 Å². The van der Waals surface area contributed by atoms with Crippen LogP contribution in [0.3, 0.4) is 0 Å². The zero-order chi connectivity index (χ0) is 13.7. The molecule has 0 heterocycles. The van der Waals surface area contributed by atoms with Gasteiger partial charge in [0, 0.05) is 19.4 Å². The highest BCUT2D eigenvalue weighted by atomic mass is 16.5. The Morgan fingerprint density at radius 2 is 2.05 bits per heavy atom. The Balaban J connectivity index is 1.96. The van der Waals surface area contributed by atoms with Gasteiger partial charge in [-0.05, 0) is 42.9 Å². The van der Waals surface area contributed by atoms with Crippen molar-refractivity contribution in [3.05, 3.63) is 23.8 Å². The van der Waals surface area contributed by atoms with E-state index in [-0.39, 0.29) is 0 Å². The summed E-state index contributed by atoms with van der Waals surface area (Å²) in [5, 5.41) is 3.49. The third-order valence-corrected chi connectivity index (χ3v) is 3.92. The van der Waals surface area contributed by atoms with E-state index < -0.39 is 0 Å². The number of ether oxygens (including phenoxy) is 1. The van der Waals surface area contributed by atoms with E-state index in [9.17, 15) is 4.79 Å². The smallest absolute Gasteiger partial charge is 0.141 e. The summed E-state index contributed by atoms with van der Waals surface area (Å²) in [6.45, 7) is 3.08. The van der Waals surface area contributed by atoms with Crippen LogP contribution in [0.25, 0.3) is 0 Å². The summed E-state index contributed by atoms with van der Waals surface area (Å²) < 4.78 is 5.39. The third kappa shape index (κ3) is 3.72. The Labute approximate surface area is 115 Å². The molecule has 0 bridgehead atoms. The topological polar surface area (TPSA) is 38.3 Å². The monoisotopic (exact) mass is 261 g/mol. The van der Waals surface area contributed by atoms with Gasteiger partial charge in [0.2, 0.25) is 0 Å². The van der Waals surface area contributed by atoms with Gasteiger partial charge in [-0.25, -0.2) is 0 Å². The highest BCUT2D eigenvalue weighted by Gasteiger charge is 2.18. The standard InChI is InChI=1S/C16H23NO2/c1-3-12-6-9-16(19-2)15(10-12)17-11-13-4-7-14(18)8-5-13/h6,9-10,13,17H,3-5,7-8,11H2,1-2H3. The van der Waals surface area contributed by atoms with Crippen LogP contribution in [0.4, 0.5) is 5.69 Å². The second-order valence-corrected chi connectivity index (χ2v) is 5.25. The second-order valence-electron chi connectivity index (χ2n) is 5.25. The van der Waals surface area contributed by atoms with Crippen LogP contribution in [0.5, 0.6) is 5.75 Å². The molecule has 3 nitrogen and oxygen atoms in total. The summed E-state index contributed by atoms with van der Waals surface area (Å²) in [5.74, 6) is 1.92. The molecule has 0 unspecified atom stereocenters. The number of Topliss-reactive ketones (excluding diaryl/α,β-unsaturated/α-hetero) is 1. The Bertz CT molecular complexity index is 432. The van der Waals surface area contributed by atoms with Gasteiger partial charge in [0.15, 0.2) is 0 Å². The van der Waals surface area contributed by atoms with Crippen LogP contribution in [0.15, 0.2) is 18.2 Å². The van der Waals surface area contributed by atoms with Gasteiger partial charge in [-0.3, -0.25) is 4.79 Å². The zero-order valence-electron chi connectivity index (χ0n) is 11.9. The summed E-state index contributed by atoms with van der Waals surface area (Å²) in [6.07, 6.45) is 4.55. The number of nitrogens with one attached hydrogen (secondary N) is 1. The Morgan fingerprint density at radius 3 is 2.68 bits per heavy atom. The summed E-state index contributed by atoms with van der Waals surface area (Å²) >= 11 is 0. The average Bonchev–Trinajstić information content (AvgIpc) is 2.46. The van der Waals surface area contributed by atoms with Crippen molar-refractivity contribution in [2.75, 3.05) is 19.0 Å². The molecule has 104 valence electrons. The van der Waals surface area contributed by atoms with E-state index in [4.69, 9.17) is 4.74 Å². The van der Waals surface area contributed by atoms with Gasteiger partial charge in [0.05, 0.1) is 12.8 Å². The largest absolute Gasteiger partial charge is 0.495 e. The molecule has 0 aliphatic heterocycles. The normalized spacial score (nSPS) is 16.4. The van der Waals surface area contributed by atoms with Crippen LogP contribution in [0.2, 0.25) is 0 Å². The van der Waals surface area contributed by atoms with E-state index in [2.05, 4.69) is 24.4 Å². The predicted molar refractivity (Wildman–Crippen MR) is 77.8 cm³/mol. The van der Waals surface area contributed by atoms with Crippen molar-refractivity contribution in [1.29, 1.82) is 0 Å². The molecule has 19 heavy (non-hydrogen) atoms. The fraction of sp³-hybridized carbons (Fsp3) is 0.562. The molecule has 1 saturated carbocycles. The van der Waals surface area contributed by atoms with Crippen LogP contribution in [0, 0.1) is 5.92 Å². The Kier molecular flexibility index (Phi) is 4.83. The maximum absolute atomic E-state index is 11.2. The molecule has 0 saturated heterocycles. The molecule has 1 N–H and O–H groups in total. The summed E-state index contributed by atoms with van der Waals surface area (Å²) in [4.78, 5) is 11.2. The minimum atomic E-state index is 0.418. The van der Waals surface area contributed by atoms with Crippen molar-refractivity contribution in [2.45, 2.75) is 39.0 Å². The van der Waals surface area contributed by atoms with E-state index in [0.717, 1.165) is 50.1 Å². The quantitative estimate of drug-likeness (QED) is 0.882. The minimum absolute atomic E-state index is 0.418. The lowest BCUT2D eigenvalue weighted by Gasteiger charge is -2.22. The van der Waals surface area contributed by atoms with Crippen molar-refractivity contribution in [2.24, 2.45) is 5.92 Å². The van der Waals surface area contributed by atoms with Crippen LogP contribution in [0.1, 0.15) is 38.2 Å². The van der Waals surface area contributed by atoms with E-state index in [1.165, 1.54) is 5.56 Å². The van der Waals surface area contributed by atoms with Crippen LogP contribution < -0.4 is 10.1 Å². The fourth-order valence-corrected chi connectivity index (χ4v) is 2.57. The average molecular weight is 261 g/mol. The minimum Gasteiger partial charge on any atom is -0.495 e. The maximum atomic E-state index is 11.2. The number of hydrogen-bond acceptors (Lipinski definition) is 3. The van der Waals surface area contributed by atoms with Crippen LogP contribution in [-0.2, 0) is 11.2 Å². The molecule has 1 aliphatic carbocycles. The first-order valence-corrected chi connectivity index (χ1v) is 7.15. The molecule has 0 atom stereocenters. The van der Waals surface area contributed by atoms with Gasteiger partial charge in [-0.15, -0.1) is 0 Å². The molecular formula is C16H23NO2. The lowest BCUT2D eigenvalue weighted by atomic mass is 9.88. The molecule has 0 amide bonds. The van der Waals surface area contributed by atoms with E-state index in [1.54, 1.807) is 7.11 Å². The van der Waals surface area contributed by atoms with Gasteiger partial charge >= 0.3 is 0 Å². The van der Waals surface area contributed by atoms with Crippen molar-refractivity contribution in [3.63, 3.8) is 0 Å². The van der Waals surface area contributed by atoms with Crippen molar-refractivity contribution < 1.29 is 9.53 Å². The molecule has 1 aliphatic rings. The van der Waals surface area contributed by atoms with E-state index in [0.29, 0.717) is 11.7 Å². The first-order valence-electron chi connectivity index (χ1n) is 7.15. The number of methoxy groups -OCH3 is 1. The predicted octanol–water partition coefficient (Wildman–Crippen LogP) is 3.43. The lowest BCUT2D eigenvalue weighted by Crippen LogP contribution is -2.21. The summed E-state index contributed by atoms with van der Waals surface area (Å²) in [7, 11) is 1.70. The van der Waals surface area contributed by atoms with Gasteiger partial charge in [-0.1, -0.05) is 13.0 Å². The van der Waals surface area contributed by atoms with Gasteiger partial charge in [0.25, 0.3) is 0 Å². The molecule has 2 rings (SSSR count). The van der Waals surface area contributed by atoms with E-state index in [1.807, 2.05) is 6.07 Å². The molecular weight excluding hydrogens is 238 g/mol. The molecule has 0 aromatic heterocycles. The van der Waals surface area contributed by atoms with Crippen molar-refractivity contribution >= 4 is 11.5 Å². The molecule has 3 heteroatoms. The molecule has 1 aromatic rings. The number of hydrogen-bond donors (Lipinski definition) is 1. The molecule has 1 aromatic carbocycles. The summed E-state index contributed by atoms with van der Waals surface area (Å²) in [5.41, 5.74) is 2.38. The number of benzene rings is 1. The second kappa shape index (κ2) is 6.60. The summed E-state index contributed by atoms with van der Waals surface area (Å²) in [6, 6.07) is 6.28. The highest BCUT2D eigenvalue weighted by Crippen LogP contribution is 2.28. The number of rotatable bonds is 5. The van der Waals surface area contributed by atoms with Gasteiger partial charge in [-0.2, -0.15) is 0 Å². The highest BCUT2D eigenvalue weighted by molar-refractivity contribution is 5.79. The Morgan fingerprint density at radius 1 is 1.32 bits per heavy atom. The van der Waals surface area contributed by atoms with Crippen LogP contribution >= 0.6 is 0 Å². The zero-order valence-corrected chi connectivity index (χ0v) is 11.9. The third-order valence-electron chi connectivity index (χ3n) is 3.92. The molecule has 1 fully saturated rings. The number of aryl methyl sites for hydroxylation is 1. The number of carbonyl (C=O) groups is 1. The first kappa shape index (κ1) is 13.9. The Hall–Kier alpha value is -1.51. The first-order chi connectivity index (χ1) is 9.22. The number of anilines is 1. The molecule has 0 radical (unpaired) electrons.